The van der Waals surface area contributed by atoms with E-state index in [0.717, 1.165) is 81.4 Å². The summed E-state index contributed by atoms with van der Waals surface area (Å²) in [5.74, 6) is 2.50. The Labute approximate surface area is 218 Å². The zero-order chi connectivity index (χ0) is 25.5. The maximum Gasteiger partial charge on any atom is 0.253 e. The number of halogens is 1. The topological polar surface area (TPSA) is 54.0 Å². The SMILES string of the molecule is COc1ccc(CCNC(=S)N2CCC(C3CCN(C(=O)c4ccc(F)cc4)CC3)CC2)cc1OC. The molecule has 2 saturated heterocycles. The molecule has 0 unspecified atom stereocenters. The van der Waals surface area contributed by atoms with Crippen LogP contribution < -0.4 is 14.8 Å². The van der Waals surface area contributed by atoms with Gasteiger partial charge in [0.1, 0.15) is 5.82 Å². The minimum absolute atomic E-state index is 0.00720. The van der Waals surface area contributed by atoms with Crippen molar-refractivity contribution >= 4 is 23.2 Å². The number of rotatable bonds is 7. The van der Waals surface area contributed by atoms with Gasteiger partial charge >= 0.3 is 0 Å². The van der Waals surface area contributed by atoms with E-state index in [0.29, 0.717) is 17.4 Å². The minimum atomic E-state index is -0.316. The van der Waals surface area contributed by atoms with Gasteiger partial charge in [-0.3, -0.25) is 4.79 Å². The van der Waals surface area contributed by atoms with Crippen molar-refractivity contribution in [3.63, 3.8) is 0 Å². The van der Waals surface area contributed by atoms with Gasteiger partial charge in [-0.15, -0.1) is 0 Å². The maximum absolute atomic E-state index is 13.2. The average Bonchev–Trinajstić information content (AvgIpc) is 2.93. The third-order valence-corrected chi connectivity index (χ3v) is 7.95. The second kappa shape index (κ2) is 12.4. The van der Waals surface area contributed by atoms with Gasteiger partial charge in [-0.2, -0.15) is 0 Å². The summed E-state index contributed by atoms with van der Waals surface area (Å²) in [5, 5.41) is 4.24. The predicted octanol–water partition coefficient (Wildman–Crippen LogP) is 4.52. The molecule has 6 nitrogen and oxygen atoms in total. The number of carbonyl (C=O) groups is 1. The zero-order valence-electron chi connectivity index (χ0n) is 21.2. The molecule has 0 aromatic heterocycles. The number of thiocarbonyl (C=S) groups is 1. The molecule has 1 N–H and O–H groups in total. The van der Waals surface area contributed by atoms with Crippen molar-refractivity contribution in [3.8, 4) is 11.5 Å². The van der Waals surface area contributed by atoms with Crippen molar-refractivity contribution in [2.45, 2.75) is 32.1 Å². The molecule has 2 aromatic carbocycles. The number of amides is 1. The molecule has 2 fully saturated rings. The van der Waals surface area contributed by atoms with Crippen LogP contribution in [0.2, 0.25) is 0 Å². The smallest absolute Gasteiger partial charge is 0.253 e. The van der Waals surface area contributed by atoms with Crippen LogP contribution in [0, 0.1) is 17.7 Å². The highest BCUT2D eigenvalue weighted by atomic mass is 32.1. The van der Waals surface area contributed by atoms with Gasteiger partial charge in [0.05, 0.1) is 14.2 Å². The Balaban J connectivity index is 1.17. The van der Waals surface area contributed by atoms with Crippen molar-refractivity contribution in [1.82, 2.24) is 15.1 Å². The van der Waals surface area contributed by atoms with Crippen LogP contribution in [0.3, 0.4) is 0 Å². The van der Waals surface area contributed by atoms with Crippen LogP contribution >= 0.6 is 12.2 Å². The van der Waals surface area contributed by atoms with E-state index in [-0.39, 0.29) is 11.7 Å². The number of hydrogen-bond acceptors (Lipinski definition) is 4. The molecule has 1 amide bonds. The van der Waals surface area contributed by atoms with Gasteiger partial charge in [0.15, 0.2) is 16.6 Å². The fourth-order valence-electron chi connectivity index (χ4n) is 5.38. The summed E-state index contributed by atoms with van der Waals surface area (Å²) in [4.78, 5) is 16.9. The van der Waals surface area contributed by atoms with E-state index in [2.05, 4.69) is 16.3 Å². The lowest BCUT2D eigenvalue weighted by Gasteiger charge is -2.41. The molecule has 2 aromatic rings. The number of nitrogens with one attached hydrogen (secondary N) is 1. The number of likely N-dealkylation sites (tertiary alicyclic amines) is 2. The van der Waals surface area contributed by atoms with Gasteiger partial charge in [0, 0.05) is 38.3 Å². The molecule has 36 heavy (non-hydrogen) atoms. The first-order chi connectivity index (χ1) is 17.5. The number of carbonyl (C=O) groups excluding carboxylic acids is 1. The van der Waals surface area contributed by atoms with Crippen molar-refractivity contribution in [3.05, 3.63) is 59.4 Å². The van der Waals surface area contributed by atoms with Crippen molar-refractivity contribution in [2.75, 3.05) is 46.9 Å². The predicted molar refractivity (Wildman–Crippen MR) is 143 cm³/mol. The van der Waals surface area contributed by atoms with Gasteiger partial charge in [0.2, 0.25) is 0 Å². The molecular formula is C28H36FN3O3S. The van der Waals surface area contributed by atoms with Crippen LogP contribution in [0.1, 0.15) is 41.6 Å². The summed E-state index contributed by atoms with van der Waals surface area (Å²) in [6.07, 6.45) is 5.19. The van der Waals surface area contributed by atoms with E-state index in [9.17, 15) is 9.18 Å². The van der Waals surface area contributed by atoms with Gasteiger partial charge in [-0.25, -0.2) is 4.39 Å². The maximum atomic E-state index is 13.2. The quantitative estimate of drug-likeness (QED) is 0.550. The Morgan fingerprint density at radius 1 is 0.917 bits per heavy atom. The molecule has 4 rings (SSSR count). The normalized spacial score (nSPS) is 17.1. The van der Waals surface area contributed by atoms with Crippen LogP contribution in [-0.4, -0.2) is 67.8 Å². The molecule has 0 spiro atoms. The zero-order valence-corrected chi connectivity index (χ0v) is 22.0. The molecule has 2 heterocycles. The number of methoxy groups -OCH3 is 2. The van der Waals surface area contributed by atoms with E-state index in [1.165, 1.54) is 17.7 Å². The molecule has 2 aliphatic heterocycles. The van der Waals surface area contributed by atoms with E-state index in [1.807, 2.05) is 17.0 Å². The van der Waals surface area contributed by atoms with E-state index in [1.54, 1.807) is 26.4 Å². The summed E-state index contributed by atoms with van der Waals surface area (Å²) in [6.45, 7) is 4.27. The number of hydrogen-bond donors (Lipinski definition) is 1. The van der Waals surface area contributed by atoms with Gasteiger partial charge in [-0.1, -0.05) is 6.07 Å². The molecule has 0 aliphatic carbocycles. The Bertz CT molecular complexity index is 1030. The summed E-state index contributed by atoms with van der Waals surface area (Å²) < 4.78 is 23.9. The third-order valence-electron chi connectivity index (χ3n) is 7.55. The van der Waals surface area contributed by atoms with Crippen LogP contribution in [0.5, 0.6) is 11.5 Å². The fourth-order valence-corrected chi connectivity index (χ4v) is 5.67. The van der Waals surface area contributed by atoms with Gasteiger partial charge in [0.25, 0.3) is 5.91 Å². The second-order valence-corrected chi connectivity index (χ2v) is 10.0. The Morgan fingerprint density at radius 3 is 2.08 bits per heavy atom. The Morgan fingerprint density at radius 2 is 1.50 bits per heavy atom. The highest BCUT2D eigenvalue weighted by molar-refractivity contribution is 7.80. The van der Waals surface area contributed by atoms with E-state index >= 15 is 0 Å². The highest BCUT2D eigenvalue weighted by Crippen LogP contribution is 2.33. The summed E-state index contributed by atoms with van der Waals surface area (Å²) in [6, 6.07) is 11.8. The largest absolute Gasteiger partial charge is 0.493 e. The van der Waals surface area contributed by atoms with Crippen molar-refractivity contribution in [2.24, 2.45) is 11.8 Å². The highest BCUT2D eigenvalue weighted by Gasteiger charge is 2.31. The third kappa shape index (κ3) is 6.46. The molecular weight excluding hydrogens is 477 g/mol. The first kappa shape index (κ1) is 26.2. The van der Waals surface area contributed by atoms with Gasteiger partial charge < -0.3 is 24.6 Å². The number of benzene rings is 2. The number of ether oxygens (including phenoxy) is 2. The monoisotopic (exact) mass is 513 g/mol. The second-order valence-electron chi connectivity index (χ2n) is 9.63. The molecule has 0 bridgehead atoms. The molecule has 0 saturated carbocycles. The average molecular weight is 514 g/mol. The lowest BCUT2D eigenvalue weighted by molar-refractivity contribution is 0.0626. The van der Waals surface area contributed by atoms with E-state index in [4.69, 9.17) is 21.7 Å². The van der Waals surface area contributed by atoms with Crippen LogP contribution in [0.15, 0.2) is 42.5 Å². The molecule has 0 atom stereocenters. The Kier molecular flexibility index (Phi) is 9.02. The molecule has 8 heteroatoms. The van der Waals surface area contributed by atoms with Crippen LogP contribution in [-0.2, 0) is 6.42 Å². The molecule has 0 radical (unpaired) electrons. The number of nitrogens with zero attached hydrogens (tertiary/aromatic N) is 2. The van der Waals surface area contributed by atoms with Gasteiger partial charge in [-0.05, 0) is 98.1 Å². The van der Waals surface area contributed by atoms with Crippen LogP contribution in [0.25, 0.3) is 0 Å². The standard InChI is InChI=1S/C28H36FN3O3S/c1-34-25-8-3-20(19-26(25)35-2)9-14-30-28(36)32-17-12-22(13-18-32)21-10-15-31(16-11-21)27(33)23-4-6-24(29)7-5-23/h3-8,19,21-22H,9-18H2,1-2H3,(H,30,36). The fraction of sp³-hybridized carbons (Fsp3) is 0.500. The molecule has 2 aliphatic rings. The first-order valence-electron chi connectivity index (χ1n) is 12.8. The van der Waals surface area contributed by atoms with Crippen LogP contribution in [0.4, 0.5) is 4.39 Å². The summed E-state index contributed by atoms with van der Waals surface area (Å²) in [5.41, 5.74) is 1.74. The summed E-state index contributed by atoms with van der Waals surface area (Å²) >= 11 is 5.67. The number of piperidine rings is 2. The molecule has 194 valence electrons. The lowest BCUT2D eigenvalue weighted by Crippen LogP contribution is -2.47. The lowest BCUT2D eigenvalue weighted by atomic mass is 9.79. The first-order valence-corrected chi connectivity index (χ1v) is 13.2. The minimum Gasteiger partial charge on any atom is -0.493 e. The Hall–Kier alpha value is -2.87. The van der Waals surface area contributed by atoms with E-state index < -0.39 is 0 Å². The van der Waals surface area contributed by atoms with Crippen molar-refractivity contribution in [1.29, 1.82) is 0 Å². The van der Waals surface area contributed by atoms with Crippen molar-refractivity contribution < 1.29 is 18.7 Å². The summed E-state index contributed by atoms with van der Waals surface area (Å²) in [7, 11) is 3.29.